The SMILES string of the molecule is CCOC(=O)c1c([N-]/C(C)=C\C(C)=O)sc2c1CCCC2.[Cl][Cu+]. The molecule has 2 rings (SSSR count). The van der Waals surface area contributed by atoms with Crippen LogP contribution in [0.1, 0.15) is 54.4 Å². The molecule has 131 valence electrons. The number of carbonyl (C=O) groups is 2. The predicted molar refractivity (Wildman–Crippen MR) is 90.2 cm³/mol. The molecule has 0 spiro atoms. The summed E-state index contributed by atoms with van der Waals surface area (Å²) in [5.41, 5.74) is 2.32. The number of carbonyl (C=O) groups excluding carboxylic acids is 2. The van der Waals surface area contributed by atoms with Crippen LogP contribution in [0.4, 0.5) is 5.00 Å². The van der Waals surface area contributed by atoms with Crippen LogP contribution < -0.4 is 0 Å². The van der Waals surface area contributed by atoms with Crippen molar-refractivity contribution in [1.29, 1.82) is 0 Å². The fraction of sp³-hybridized carbons (Fsp3) is 0.500. The standard InChI is InChI=1S/C16H21NO3S.ClH.Cu/c1-4-20-16(19)14-12-7-5-6-8-13(12)21-15(14)17-10(2)9-11(3)18;;/h9H,4-8H2,1-3H3,(H,17,18,19);1H;/q;;+2/p-2. The van der Waals surface area contributed by atoms with Crippen LogP contribution in [0, 0.1) is 0 Å². The molecule has 0 N–H and O–H groups in total. The van der Waals surface area contributed by atoms with E-state index in [9.17, 15) is 9.59 Å². The Bertz CT molecular complexity index is 598. The molecule has 0 atom stereocenters. The first-order valence-corrected chi connectivity index (χ1v) is 9.47. The van der Waals surface area contributed by atoms with Crippen molar-refractivity contribution in [1.82, 2.24) is 0 Å². The summed E-state index contributed by atoms with van der Waals surface area (Å²) in [7, 11) is 4.20. The molecule has 1 aliphatic rings. The number of rotatable bonds is 5. The molecule has 7 heteroatoms. The average molecular weight is 405 g/mol. The van der Waals surface area contributed by atoms with Crippen molar-refractivity contribution in [3.05, 3.63) is 33.1 Å². The van der Waals surface area contributed by atoms with E-state index in [2.05, 4.69) is 30.5 Å². The van der Waals surface area contributed by atoms with Gasteiger partial charge in [-0.05, 0) is 51.2 Å². The van der Waals surface area contributed by atoms with Crippen molar-refractivity contribution in [2.24, 2.45) is 0 Å². The molecule has 0 aliphatic heterocycles. The van der Waals surface area contributed by atoms with Gasteiger partial charge in [-0.1, -0.05) is 11.9 Å². The topological polar surface area (TPSA) is 57.5 Å². The van der Waals surface area contributed by atoms with Gasteiger partial charge < -0.3 is 10.1 Å². The Hall–Kier alpha value is -0.811. The van der Waals surface area contributed by atoms with Crippen molar-refractivity contribution in [3.63, 3.8) is 0 Å². The summed E-state index contributed by atoms with van der Waals surface area (Å²) in [5.74, 6) is -0.346. The Morgan fingerprint density at radius 1 is 1.30 bits per heavy atom. The van der Waals surface area contributed by atoms with Gasteiger partial charge in [-0.25, -0.2) is 4.79 Å². The number of hydrogen-bond donors (Lipinski definition) is 0. The molecule has 23 heavy (non-hydrogen) atoms. The number of halogens is 1. The fourth-order valence-corrected chi connectivity index (χ4v) is 3.84. The summed E-state index contributed by atoms with van der Waals surface area (Å²) in [5, 5.41) is 5.14. The summed E-state index contributed by atoms with van der Waals surface area (Å²) in [6.45, 7) is 5.42. The van der Waals surface area contributed by atoms with E-state index in [-0.39, 0.29) is 11.8 Å². The maximum absolute atomic E-state index is 12.2. The Labute approximate surface area is 153 Å². The Balaban J connectivity index is 0.00000127. The number of ether oxygens (including phenoxy) is 1. The zero-order valence-corrected chi connectivity index (χ0v) is 15.9. The summed E-state index contributed by atoms with van der Waals surface area (Å²) < 4.78 is 5.18. The van der Waals surface area contributed by atoms with Crippen LogP contribution in [0.25, 0.3) is 5.32 Å². The van der Waals surface area contributed by atoms with E-state index < -0.39 is 0 Å². The quantitative estimate of drug-likeness (QED) is 0.394. The van der Waals surface area contributed by atoms with Crippen molar-refractivity contribution >= 4 is 38.2 Å². The Kier molecular flexibility index (Phi) is 8.92. The molecule has 0 fully saturated rings. The third-order valence-corrected chi connectivity index (χ3v) is 4.51. The zero-order valence-electron chi connectivity index (χ0n) is 13.4. The van der Waals surface area contributed by atoms with Gasteiger partial charge in [0.15, 0.2) is 5.78 Å². The van der Waals surface area contributed by atoms with Crippen LogP contribution in [0.2, 0.25) is 0 Å². The predicted octanol–water partition coefficient (Wildman–Crippen LogP) is 4.99. The first-order valence-electron chi connectivity index (χ1n) is 7.36. The molecule has 0 radical (unpaired) electrons. The van der Waals surface area contributed by atoms with E-state index in [1.54, 1.807) is 25.2 Å². The van der Waals surface area contributed by atoms with E-state index in [4.69, 9.17) is 4.74 Å². The second-order valence-electron chi connectivity index (χ2n) is 5.12. The molecule has 0 amide bonds. The minimum atomic E-state index is -0.300. The van der Waals surface area contributed by atoms with Gasteiger partial charge in [-0.3, -0.25) is 4.79 Å². The number of thiophene rings is 1. The first kappa shape index (κ1) is 20.2. The van der Waals surface area contributed by atoms with Gasteiger partial charge in [0.2, 0.25) is 0 Å². The number of fused-ring (bicyclic) bond motifs is 1. The van der Waals surface area contributed by atoms with Gasteiger partial charge >= 0.3 is 31.2 Å². The van der Waals surface area contributed by atoms with E-state index in [0.717, 1.165) is 31.2 Å². The molecule has 0 saturated heterocycles. The molecular weight excluding hydrogens is 385 g/mol. The van der Waals surface area contributed by atoms with Crippen LogP contribution in [0.3, 0.4) is 0 Å². The molecule has 0 aromatic carbocycles. The van der Waals surface area contributed by atoms with Crippen molar-refractivity contribution < 1.29 is 29.4 Å². The molecule has 1 heterocycles. The van der Waals surface area contributed by atoms with Gasteiger partial charge in [0.05, 0.1) is 12.2 Å². The number of esters is 1. The maximum atomic E-state index is 12.2. The molecule has 1 aromatic rings. The summed E-state index contributed by atoms with van der Waals surface area (Å²) in [6.07, 6.45) is 5.63. The summed E-state index contributed by atoms with van der Waals surface area (Å²) >= 11 is 5.21. The number of ketones is 1. The van der Waals surface area contributed by atoms with E-state index in [1.165, 1.54) is 17.9 Å². The number of allylic oxidation sites excluding steroid dienone is 2. The molecule has 1 aliphatic carbocycles. The number of hydrogen-bond acceptors (Lipinski definition) is 4. The fourth-order valence-electron chi connectivity index (χ4n) is 2.53. The van der Waals surface area contributed by atoms with Gasteiger partial charge in [0.25, 0.3) is 0 Å². The second kappa shape index (κ2) is 10.1. The van der Waals surface area contributed by atoms with Gasteiger partial charge in [0.1, 0.15) is 0 Å². The van der Waals surface area contributed by atoms with Crippen molar-refractivity contribution in [2.75, 3.05) is 6.61 Å². The number of nitrogens with zero attached hydrogens (tertiary/aromatic N) is 1. The van der Waals surface area contributed by atoms with Crippen molar-refractivity contribution in [2.45, 2.75) is 46.5 Å². The molecule has 4 nitrogen and oxygen atoms in total. The van der Waals surface area contributed by atoms with Crippen LogP contribution in [0.15, 0.2) is 11.8 Å². The van der Waals surface area contributed by atoms with E-state index in [0.29, 0.717) is 22.9 Å². The first-order chi connectivity index (χ1) is 11.0. The normalized spacial score (nSPS) is 13.6. The van der Waals surface area contributed by atoms with Gasteiger partial charge in [-0.2, -0.15) is 17.0 Å². The third kappa shape index (κ3) is 5.64. The molecular formula is C16H20ClCuNO3S. The minimum absolute atomic E-state index is 0.0461. The monoisotopic (exact) mass is 404 g/mol. The van der Waals surface area contributed by atoms with Gasteiger partial charge in [-0.15, -0.1) is 0 Å². The van der Waals surface area contributed by atoms with Crippen molar-refractivity contribution in [3.8, 4) is 0 Å². The molecule has 0 saturated carbocycles. The van der Waals surface area contributed by atoms with E-state index in [1.807, 2.05) is 0 Å². The van der Waals surface area contributed by atoms with Gasteiger partial charge in [0, 0.05) is 4.88 Å². The summed E-state index contributed by atoms with van der Waals surface area (Å²) in [4.78, 5) is 24.6. The molecule has 1 aromatic heterocycles. The molecule has 0 unspecified atom stereocenters. The van der Waals surface area contributed by atoms with E-state index >= 15 is 0 Å². The second-order valence-corrected chi connectivity index (χ2v) is 6.20. The van der Waals surface area contributed by atoms with Crippen LogP contribution in [0.5, 0.6) is 0 Å². The summed E-state index contributed by atoms with van der Waals surface area (Å²) in [6, 6.07) is 0. The average Bonchev–Trinajstić information content (AvgIpc) is 2.86. The van der Waals surface area contributed by atoms with Crippen LogP contribution in [-0.4, -0.2) is 18.4 Å². The number of aryl methyl sites for hydroxylation is 1. The Morgan fingerprint density at radius 2 is 1.96 bits per heavy atom. The molecule has 0 bridgehead atoms. The van der Waals surface area contributed by atoms with Crippen LogP contribution >= 0.6 is 21.4 Å². The zero-order chi connectivity index (χ0) is 17.4. The Morgan fingerprint density at radius 3 is 2.57 bits per heavy atom. The third-order valence-electron chi connectivity index (χ3n) is 3.32. The van der Waals surface area contributed by atoms with Crippen LogP contribution in [-0.2, 0) is 37.5 Å².